The van der Waals surface area contributed by atoms with E-state index in [9.17, 15) is 10.5 Å². The summed E-state index contributed by atoms with van der Waals surface area (Å²) in [7, 11) is 0. The number of benzene rings is 10. The Kier molecular flexibility index (Phi) is 10.2. The first kappa shape index (κ1) is 42.0. The van der Waals surface area contributed by atoms with Crippen molar-refractivity contribution in [1.29, 1.82) is 10.5 Å². The molecule has 0 unspecified atom stereocenters. The lowest BCUT2D eigenvalue weighted by Gasteiger charge is -2.20. The van der Waals surface area contributed by atoms with Crippen LogP contribution >= 0.6 is 0 Å². The third-order valence-corrected chi connectivity index (χ3v) is 13.8. The Morgan fingerprint density at radius 1 is 0.292 bits per heavy atom. The molecule has 0 saturated carbocycles. The van der Waals surface area contributed by atoms with Crippen molar-refractivity contribution < 1.29 is 0 Å². The summed E-state index contributed by atoms with van der Waals surface area (Å²) in [6.45, 7) is 0. The maximum absolute atomic E-state index is 9.90. The van der Waals surface area contributed by atoms with Crippen molar-refractivity contribution in [1.82, 2.24) is 19.1 Å². The predicted octanol–water partition coefficient (Wildman–Crippen LogP) is 16.4. The van der Waals surface area contributed by atoms with Crippen LogP contribution in [0.25, 0.3) is 122 Å². The molecule has 0 saturated heterocycles. The van der Waals surface area contributed by atoms with Gasteiger partial charge in [0.05, 0.1) is 68.1 Å². The van der Waals surface area contributed by atoms with E-state index in [4.69, 9.17) is 9.97 Å². The Balaban J connectivity index is 1.12. The van der Waals surface area contributed by atoms with E-state index in [0.717, 1.165) is 106 Å². The van der Waals surface area contributed by atoms with Crippen LogP contribution in [-0.4, -0.2) is 19.1 Å². The van der Waals surface area contributed by atoms with Crippen LogP contribution < -0.4 is 0 Å². The summed E-state index contributed by atoms with van der Waals surface area (Å²) in [5.41, 5.74) is 18.0. The minimum atomic E-state index is 0.604. The smallest absolute Gasteiger partial charge is 0.160 e. The van der Waals surface area contributed by atoms with Crippen molar-refractivity contribution in [3.63, 3.8) is 0 Å². The predicted molar refractivity (Wildman–Crippen MR) is 293 cm³/mol. The maximum Gasteiger partial charge on any atom is 0.160 e. The van der Waals surface area contributed by atoms with E-state index in [1.807, 2.05) is 72.8 Å². The maximum atomic E-state index is 9.90. The summed E-state index contributed by atoms with van der Waals surface area (Å²) in [6, 6.07) is 88.7. The summed E-state index contributed by atoms with van der Waals surface area (Å²) < 4.78 is 4.78. The molecular weight excluding hydrogens is 877 g/mol. The molecule has 6 nitrogen and oxygen atoms in total. The van der Waals surface area contributed by atoms with Gasteiger partial charge in [-0.3, -0.25) is 0 Å². The van der Waals surface area contributed by atoms with Gasteiger partial charge in [-0.1, -0.05) is 164 Å². The van der Waals surface area contributed by atoms with Gasteiger partial charge in [-0.15, -0.1) is 0 Å². The Morgan fingerprint density at radius 2 is 0.722 bits per heavy atom. The average Bonchev–Trinajstić information content (AvgIpc) is 3.97. The van der Waals surface area contributed by atoms with Crippen LogP contribution in [-0.2, 0) is 0 Å². The van der Waals surface area contributed by atoms with Crippen LogP contribution in [0, 0.1) is 22.7 Å². The largest absolute Gasteiger partial charge is 0.309 e. The van der Waals surface area contributed by atoms with E-state index in [0.29, 0.717) is 17.0 Å². The molecule has 3 heterocycles. The first-order valence-corrected chi connectivity index (χ1v) is 23.9. The van der Waals surface area contributed by atoms with Crippen molar-refractivity contribution in [2.75, 3.05) is 0 Å². The van der Waals surface area contributed by atoms with E-state index in [2.05, 4.69) is 191 Å². The molecule has 0 N–H and O–H groups in total. The van der Waals surface area contributed by atoms with Gasteiger partial charge < -0.3 is 9.13 Å². The van der Waals surface area contributed by atoms with E-state index in [1.54, 1.807) is 0 Å². The van der Waals surface area contributed by atoms with Gasteiger partial charge in [-0.2, -0.15) is 10.5 Å². The highest BCUT2D eigenvalue weighted by Gasteiger charge is 2.23. The van der Waals surface area contributed by atoms with Gasteiger partial charge >= 0.3 is 0 Å². The molecule has 13 aromatic rings. The number of aromatic nitrogens is 4. The van der Waals surface area contributed by atoms with Gasteiger partial charge in [0.25, 0.3) is 0 Å². The van der Waals surface area contributed by atoms with Crippen LogP contribution in [0.3, 0.4) is 0 Å². The molecule has 0 bridgehead atoms. The molecule has 0 amide bonds. The van der Waals surface area contributed by atoms with E-state index >= 15 is 0 Å². The molecule has 3 aromatic heterocycles. The summed E-state index contributed by atoms with van der Waals surface area (Å²) in [5.74, 6) is 0.610. The van der Waals surface area contributed by atoms with E-state index in [1.165, 1.54) is 10.8 Å². The lowest BCUT2D eigenvalue weighted by Crippen LogP contribution is -2.03. The third-order valence-electron chi connectivity index (χ3n) is 13.8. The molecule has 13 rings (SSSR count). The summed E-state index contributed by atoms with van der Waals surface area (Å²) in [4.78, 5) is 10.6. The van der Waals surface area contributed by atoms with Crippen LogP contribution in [0.5, 0.6) is 0 Å². The number of fused-ring (bicyclic) bond motifs is 6. The Labute approximate surface area is 415 Å². The second kappa shape index (κ2) is 17.4. The fourth-order valence-corrected chi connectivity index (χ4v) is 10.4. The fraction of sp³-hybridized carbons (Fsp3) is 0. The van der Waals surface area contributed by atoms with Crippen molar-refractivity contribution in [2.24, 2.45) is 0 Å². The molecule has 0 spiro atoms. The summed E-state index contributed by atoms with van der Waals surface area (Å²) in [6.07, 6.45) is 0. The molecule has 334 valence electrons. The summed E-state index contributed by atoms with van der Waals surface area (Å²) in [5, 5.41) is 24.3. The normalized spacial score (nSPS) is 11.3. The highest BCUT2D eigenvalue weighted by atomic mass is 15.0. The molecule has 6 heteroatoms. The lowest BCUT2D eigenvalue weighted by atomic mass is 9.98. The topological polar surface area (TPSA) is 83.2 Å². The van der Waals surface area contributed by atoms with Gasteiger partial charge in [0.15, 0.2) is 5.82 Å². The first-order valence-electron chi connectivity index (χ1n) is 23.9. The van der Waals surface area contributed by atoms with Gasteiger partial charge in [-0.05, 0) is 101 Å². The molecule has 0 aliphatic rings. The Hall–Kier alpha value is -10.1. The SMILES string of the molecule is N#Cc1cccc(-c2ccc3c(c2)c2cc(-c4cccc(C#N)c4)ccc2n3-c2cc(-c3nc(-c4ccccc4)cc(-c4ccccc4)n3)ccc2-c2ccccc2-n2c3ccccc3c3ccccc32)c1. The zero-order valence-corrected chi connectivity index (χ0v) is 38.8. The fourth-order valence-electron chi connectivity index (χ4n) is 10.4. The lowest BCUT2D eigenvalue weighted by molar-refractivity contribution is 1.15. The zero-order chi connectivity index (χ0) is 48.1. The highest BCUT2D eigenvalue weighted by Crippen LogP contribution is 2.44. The summed E-state index contributed by atoms with van der Waals surface area (Å²) >= 11 is 0. The van der Waals surface area contributed by atoms with E-state index in [-0.39, 0.29) is 0 Å². The van der Waals surface area contributed by atoms with Crippen molar-refractivity contribution >= 4 is 43.6 Å². The zero-order valence-electron chi connectivity index (χ0n) is 38.8. The average molecular weight is 917 g/mol. The van der Waals surface area contributed by atoms with Crippen molar-refractivity contribution in [3.05, 3.63) is 254 Å². The number of rotatable bonds is 8. The number of hydrogen-bond acceptors (Lipinski definition) is 4. The minimum absolute atomic E-state index is 0.604. The quantitative estimate of drug-likeness (QED) is 0.152. The van der Waals surface area contributed by atoms with E-state index < -0.39 is 0 Å². The minimum Gasteiger partial charge on any atom is -0.309 e. The third kappa shape index (κ3) is 7.19. The second-order valence-corrected chi connectivity index (χ2v) is 18.0. The van der Waals surface area contributed by atoms with Crippen molar-refractivity contribution in [2.45, 2.75) is 0 Å². The van der Waals surface area contributed by atoms with Crippen LogP contribution in [0.2, 0.25) is 0 Å². The Morgan fingerprint density at radius 3 is 1.28 bits per heavy atom. The second-order valence-electron chi connectivity index (χ2n) is 18.0. The van der Waals surface area contributed by atoms with Gasteiger partial charge in [0.2, 0.25) is 0 Å². The monoisotopic (exact) mass is 916 g/mol. The van der Waals surface area contributed by atoms with Gasteiger partial charge in [0.1, 0.15) is 0 Å². The van der Waals surface area contributed by atoms with Crippen LogP contribution in [0.15, 0.2) is 243 Å². The molecule has 0 aliphatic heterocycles. The standard InChI is InChI=1S/C66H40N6/c67-41-43-15-13-21-47(35-43)49-30-33-63-56(37-49)57-38-50(48-22-14-16-44(36-48)42-68)31-34-64(57)72(63)65-39-51(66-69-58(45-17-3-1-4-18-45)40-59(70-66)46-19-5-2-6-20-46)29-32-55(65)54-25-9-12-28-62(54)71-60-26-10-7-23-52(60)53-24-8-11-27-61(53)71/h1-40H. The van der Waals surface area contributed by atoms with Gasteiger partial charge in [0, 0.05) is 49.4 Å². The van der Waals surface area contributed by atoms with Crippen LogP contribution in [0.1, 0.15) is 11.1 Å². The number of nitrogens with zero attached hydrogens (tertiary/aromatic N) is 6. The molecule has 0 radical (unpaired) electrons. The van der Waals surface area contributed by atoms with Gasteiger partial charge in [-0.25, -0.2) is 9.97 Å². The number of nitriles is 2. The molecular formula is C66H40N6. The molecule has 0 aliphatic carbocycles. The number of hydrogen-bond donors (Lipinski definition) is 0. The van der Waals surface area contributed by atoms with Crippen molar-refractivity contribution in [3.8, 4) is 90.8 Å². The molecule has 0 fully saturated rings. The Bertz CT molecular complexity index is 4130. The number of para-hydroxylation sites is 3. The van der Waals surface area contributed by atoms with Crippen LogP contribution in [0.4, 0.5) is 0 Å². The molecule has 10 aromatic carbocycles. The molecule has 72 heavy (non-hydrogen) atoms. The molecule has 0 atom stereocenters. The highest BCUT2D eigenvalue weighted by molar-refractivity contribution is 6.13. The first-order chi connectivity index (χ1) is 35.6.